The van der Waals surface area contributed by atoms with Gasteiger partial charge < -0.3 is 42.9 Å². The maximum atomic E-state index is 13.2. The zero-order chi connectivity index (χ0) is 28.2. The summed E-state index contributed by atoms with van der Waals surface area (Å²) < 4.78 is 0. The van der Waals surface area contributed by atoms with Gasteiger partial charge in [0.1, 0.15) is 23.9 Å². The van der Waals surface area contributed by atoms with Crippen molar-refractivity contribution in [3.8, 4) is 5.75 Å². The van der Waals surface area contributed by atoms with Crippen LogP contribution >= 0.6 is 0 Å². The van der Waals surface area contributed by atoms with Gasteiger partial charge in [0.25, 0.3) is 0 Å². The highest BCUT2D eigenvalue weighted by Crippen LogP contribution is 2.20. The van der Waals surface area contributed by atoms with Crippen LogP contribution in [0.3, 0.4) is 0 Å². The van der Waals surface area contributed by atoms with Gasteiger partial charge in [-0.25, -0.2) is 4.79 Å². The van der Waals surface area contributed by atoms with Crippen molar-refractivity contribution in [1.29, 1.82) is 0 Å². The Morgan fingerprint density at radius 2 is 1.71 bits per heavy atom. The topological polar surface area (TPSA) is 231 Å². The van der Waals surface area contributed by atoms with Crippen molar-refractivity contribution in [2.24, 2.45) is 17.2 Å². The normalized spacial score (nSPS) is 17.3. The first-order chi connectivity index (χ1) is 18.0. The number of benzene rings is 1. The van der Waals surface area contributed by atoms with Gasteiger partial charge in [-0.1, -0.05) is 12.1 Å². The van der Waals surface area contributed by atoms with Gasteiger partial charge in [0.05, 0.1) is 6.04 Å². The lowest BCUT2D eigenvalue weighted by atomic mass is 10.0. The number of carboxylic acids is 1. The predicted molar refractivity (Wildman–Crippen MR) is 137 cm³/mol. The number of rotatable bonds is 15. The number of phenols is 1. The highest BCUT2D eigenvalue weighted by Gasteiger charge is 2.37. The summed E-state index contributed by atoms with van der Waals surface area (Å²) in [6.07, 6.45) is 2.22. The third-order valence-corrected chi connectivity index (χ3v) is 6.43. The Labute approximate surface area is 221 Å². The first-order valence-electron chi connectivity index (χ1n) is 12.7. The number of aromatic hydroxyl groups is 1. The molecule has 4 atom stereocenters. The summed E-state index contributed by atoms with van der Waals surface area (Å²) in [5.41, 5.74) is 17.2. The summed E-state index contributed by atoms with van der Waals surface area (Å²) in [7, 11) is 0. The van der Waals surface area contributed by atoms with Gasteiger partial charge in [-0.3, -0.25) is 19.2 Å². The molecular weight excluding hydrogens is 496 g/mol. The lowest BCUT2D eigenvalue weighted by Crippen LogP contribution is -2.56. The number of nitrogens with two attached hydrogens (primary N) is 3. The Morgan fingerprint density at radius 3 is 2.32 bits per heavy atom. The average molecular weight is 535 g/mol. The molecule has 0 radical (unpaired) electrons. The van der Waals surface area contributed by atoms with Crippen LogP contribution in [0.15, 0.2) is 24.3 Å². The van der Waals surface area contributed by atoms with Crippen molar-refractivity contribution < 1.29 is 34.2 Å². The van der Waals surface area contributed by atoms with Crippen molar-refractivity contribution >= 4 is 29.6 Å². The minimum Gasteiger partial charge on any atom is -0.508 e. The minimum atomic E-state index is -1.27. The van der Waals surface area contributed by atoms with E-state index in [0.29, 0.717) is 44.3 Å². The van der Waals surface area contributed by atoms with Gasteiger partial charge in [0.15, 0.2) is 0 Å². The number of hydrogen-bond donors (Lipinski definition) is 7. The van der Waals surface area contributed by atoms with Crippen molar-refractivity contribution in [2.45, 2.75) is 75.5 Å². The molecule has 1 saturated heterocycles. The number of likely N-dealkylation sites (tertiary alicyclic amines) is 1. The van der Waals surface area contributed by atoms with E-state index < -0.39 is 53.8 Å². The van der Waals surface area contributed by atoms with Gasteiger partial charge in [-0.15, -0.1) is 0 Å². The molecule has 1 aromatic carbocycles. The minimum absolute atomic E-state index is 0.0283. The van der Waals surface area contributed by atoms with Gasteiger partial charge in [0, 0.05) is 19.4 Å². The van der Waals surface area contributed by atoms with E-state index in [-0.39, 0.29) is 31.4 Å². The molecule has 210 valence electrons. The highest BCUT2D eigenvalue weighted by molar-refractivity contribution is 5.94. The Hall–Kier alpha value is -3.71. The monoisotopic (exact) mass is 534 g/mol. The van der Waals surface area contributed by atoms with E-state index in [0.717, 1.165) is 0 Å². The summed E-state index contributed by atoms with van der Waals surface area (Å²) in [6.45, 7) is 0.688. The van der Waals surface area contributed by atoms with E-state index in [1.54, 1.807) is 12.1 Å². The largest absolute Gasteiger partial charge is 0.508 e. The first-order valence-corrected chi connectivity index (χ1v) is 12.7. The van der Waals surface area contributed by atoms with Crippen LogP contribution < -0.4 is 27.8 Å². The van der Waals surface area contributed by atoms with Crippen LogP contribution in [-0.4, -0.2) is 82.0 Å². The Bertz CT molecular complexity index is 987. The van der Waals surface area contributed by atoms with Crippen LogP contribution in [0.4, 0.5) is 0 Å². The summed E-state index contributed by atoms with van der Waals surface area (Å²) in [6, 6.07) is 1.79. The summed E-state index contributed by atoms with van der Waals surface area (Å²) in [5, 5.41) is 24.3. The van der Waals surface area contributed by atoms with Gasteiger partial charge in [-0.05, 0) is 62.8 Å². The van der Waals surface area contributed by atoms with E-state index >= 15 is 0 Å². The molecule has 0 spiro atoms. The Balaban J connectivity index is 2.10. The fraction of sp³-hybridized carbons (Fsp3) is 0.560. The van der Waals surface area contributed by atoms with Crippen LogP contribution in [0.2, 0.25) is 0 Å². The van der Waals surface area contributed by atoms with Crippen LogP contribution in [0.25, 0.3) is 0 Å². The van der Waals surface area contributed by atoms with Crippen molar-refractivity contribution in [2.75, 3.05) is 13.1 Å². The van der Waals surface area contributed by atoms with Gasteiger partial charge in [-0.2, -0.15) is 0 Å². The third kappa shape index (κ3) is 9.30. The molecule has 0 aliphatic carbocycles. The summed E-state index contributed by atoms with van der Waals surface area (Å²) in [5.74, 6) is -3.50. The maximum Gasteiger partial charge on any atom is 0.326 e. The lowest BCUT2D eigenvalue weighted by molar-refractivity contribution is -0.143. The molecule has 13 nitrogen and oxygen atoms in total. The van der Waals surface area contributed by atoms with Crippen LogP contribution in [0.5, 0.6) is 5.75 Å². The fourth-order valence-electron chi connectivity index (χ4n) is 4.31. The summed E-state index contributed by atoms with van der Waals surface area (Å²) >= 11 is 0. The number of carboxylic acid groups (broad SMARTS) is 1. The highest BCUT2D eigenvalue weighted by atomic mass is 16.4. The Kier molecular flexibility index (Phi) is 12.0. The molecule has 13 heteroatoms. The fourth-order valence-corrected chi connectivity index (χ4v) is 4.31. The molecule has 2 rings (SSSR count). The van der Waals surface area contributed by atoms with Gasteiger partial charge >= 0.3 is 5.97 Å². The lowest BCUT2D eigenvalue weighted by Gasteiger charge is -2.28. The molecule has 4 unspecified atom stereocenters. The first kappa shape index (κ1) is 30.5. The van der Waals surface area contributed by atoms with E-state index in [2.05, 4.69) is 10.6 Å². The zero-order valence-electron chi connectivity index (χ0n) is 21.3. The second kappa shape index (κ2) is 14.9. The Morgan fingerprint density at radius 1 is 1.03 bits per heavy atom. The molecule has 1 aliphatic heterocycles. The predicted octanol–water partition coefficient (Wildman–Crippen LogP) is -1.30. The molecule has 38 heavy (non-hydrogen) atoms. The quantitative estimate of drug-likeness (QED) is 0.132. The number of nitrogens with zero attached hydrogens (tertiary/aromatic N) is 1. The van der Waals surface area contributed by atoms with E-state index in [1.807, 2.05) is 0 Å². The molecule has 1 aromatic rings. The van der Waals surface area contributed by atoms with E-state index in [9.17, 15) is 34.2 Å². The zero-order valence-corrected chi connectivity index (χ0v) is 21.3. The number of hydrogen-bond acceptors (Lipinski definition) is 8. The maximum absolute atomic E-state index is 13.2. The number of phenolic OH excluding ortho intramolecular Hbond substituents is 1. The van der Waals surface area contributed by atoms with Crippen LogP contribution in [0.1, 0.15) is 50.5 Å². The molecular formula is C25H38N6O7. The SMILES string of the molecule is NCCCCC(NC(=O)C1CCCN1C(=O)C(N)CCC(N)=O)C(=O)NC(Cc1ccc(O)cc1)C(=O)O. The molecule has 1 fully saturated rings. The van der Waals surface area contributed by atoms with E-state index in [1.165, 1.54) is 17.0 Å². The van der Waals surface area contributed by atoms with Crippen molar-refractivity contribution in [3.63, 3.8) is 0 Å². The summed E-state index contributed by atoms with van der Waals surface area (Å²) in [4.78, 5) is 63.3. The molecule has 0 aromatic heterocycles. The molecule has 0 bridgehead atoms. The molecule has 1 aliphatic rings. The second-order valence-electron chi connectivity index (χ2n) is 9.42. The van der Waals surface area contributed by atoms with E-state index in [4.69, 9.17) is 17.2 Å². The number of primary amides is 1. The van der Waals surface area contributed by atoms with Crippen LogP contribution in [-0.2, 0) is 30.4 Å². The number of amides is 4. The molecule has 10 N–H and O–H groups in total. The van der Waals surface area contributed by atoms with Crippen molar-refractivity contribution in [1.82, 2.24) is 15.5 Å². The number of nitrogens with one attached hydrogen (secondary N) is 2. The van der Waals surface area contributed by atoms with Crippen LogP contribution in [0, 0.1) is 0 Å². The molecule has 4 amide bonds. The molecule has 1 heterocycles. The standard InChI is InChI=1S/C25H38N6O7/c26-12-2-1-4-18(22(34)30-19(25(37)38)14-15-6-8-16(32)9-7-15)29-23(35)20-5-3-13-31(20)24(36)17(27)10-11-21(28)33/h6-9,17-20,32H,1-5,10-14,26-27H2,(H2,28,33)(H,29,35)(H,30,34)(H,37,38). The number of unbranched alkanes of at least 4 members (excludes halogenated alkanes) is 1. The van der Waals surface area contributed by atoms with Crippen molar-refractivity contribution in [3.05, 3.63) is 29.8 Å². The number of carbonyl (C=O) groups excluding carboxylic acids is 4. The van der Waals surface area contributed by atoms with Gasteiger partial charge in [0.2, 0.25) is 23.6 Å². The molecule has 0 saturated carbocycles. The smallest absolute Gasteiger partial charge is 0.326 e. The number of carbonyl (C=O) groups is 5. The third-order valence-electron chi connectivity index (χ3n) is 6.43. The second-order valence-corrected chi connectivity index (χ2v) is 9.42. The average Bonchev–Trinajstić information content (AvgIpc) is 3.37. The number of aliphatic carboxylic acids is 1.